The van der Waals surface area contributed by atoms with E-state index in [1.807, 2.05) is 67.2 Å². The maximum absolute atomic E-state index is 11.7. The topological polar surface area (TPSA) is 93.5 Å². The SMILES string of the molecule is C=CC(=O)Nc1ccc2c(c1)c(C)cn2-c1nc(Nc2ccc(N3CCOCC3)c(OC)c2)ncc1C. The summed E-state index contributed by atoms with van der Waals surface area (Å²) in [6.45, 7) is 10.6. The fourth-order valence-corrected chi connectivity index (χ4v) is 4.53. The lowest BCUT2D eigenvalue weighted by molar-refractivity contribution is -0.111. The number of anilines is 4. The lowest BCUT2D eigenvalue weighted by atomic mass is 10.1. The number of aromatic nitrogens is 3. The lowest BCUT2D eigenvalue weighted by Crippen LogP contribution is -2.36. The number of hydrogen-bond acceptors (Lipinski definition) is 7. The van der Waals surface area contributed by atoms with Crippen LogP contribution in [0.4, 0.5) is 23.0 Å². The second-order valence-electron chi connectivity index (χ2n) is 8.92. The minimum Gasteiger partial charge on any atom is -0.495 e. The van der Waals surface area contributed by atoms with E-state index in [2.05, 4.69) is 27.1 Å². The zero-order chi connectivity index (χ0) is 25.9. The van der Waals surface area contributed by atoms with Crippen LogP contribution in [0, 0.1) is 13.8 Å². The van der Waals surface area contributed by atoms with Crippen molar-refractivity contribution in [3.63, 3.8) is 0 Å². The molecule has 1 fully saturated rings. The standard InChI is InChI=1S/C28H30N6O3/c1-5-26(35)30-20-6-8-23-22(14-20)19(3)17-34(23)27-18(2)16-29-28(32-27)31-21-7-9-24(25(15-21)36-4)33-10-12-37-13-11-33/h5-9,14-17H,1,10-13H2,2-4H3,(H,30,35)(H,29,31,32). The predicted molar refractivity (Wildman–Crippen MR) is 146 cm³/mol. The van der Waals surface area contributed by atoms with Crippen molar-refractivity contribution in [1.29, 1.82) is 0 Å². The maximum atomic E-state index is 11.7. The van der Waals surface area contributed by atoms with Gasteiger partial charge in [-0.3, -0.25) is 4.79 Å². The molecule has 2 N–H and O–H groups in total. The van der Waals surface area contributed by atoms with Crippen molar-refractivity contribution in [2.24, 2.45) is 0 Å². The van der Waals surface area contributed by atoms with Gasteiger partial charge in [0, 0.05) is 53.9 Å². The molecular weight excluding hydrogens is 468 g/mol. The minimum absolute atomic E-state index is 0.242. The number of ether oxygens (including phenoxy) is 2. The maximum Gasteiger partial charge on any atom is 0.247 e. The number of rotatable bonds is 7. The van der Waals surface area contributed by atoms with Gasteiger partial charge >= 0.3 is 0 Å². The number of nitrogens with zero attached hydrogens (tertiary/aromatic N) is 4. The number of benzene rings is 2. The predicted octanol–water partition coefficient (Wildman–Crippen LogP) is 4.75. The monoisotopic (exact) mass is 498 g/mol. The minimum atomic E-state index is -0.242. The summed E-state index contributed by atoms with van der Waals surface area (Å²) in [7, 11) is 1.68. The van der Waals surface area contributed by atoms with E-state index in [1.165, 1.54) is 6.08 Å². The summed E-state index contributed by atoms with van der Waals surface area (Å²) in [5, 5.41) is 7.17. The van der Waals surface area contributed by atoms with Gasteiger partial charge in [0.2, 0.25) is 11.9 Å². The van der Waals surface area contributed by atoms with Crippen LogP contribution in [0.5, 0.6) is 5.75 Å². The van der Waals surface area contributed by atoms with Crippen molar-refractivity contribution >= 4 is 39.8 Å². The molecule has 0 saturated carbocycles. The molecule has 1 saturated heterocycles. The van der Waals surface area contributed by atoms with E-state index in [9.17, 15) is 4.79 Å². The second kappa shape index (κ2) is 10.3. The van der Waals surface area contributed by atoms with E-state index in [-0.39, 0.29) is 5.91 Å². The average Bonchev–Trinajstić information content (AvgIpc) is 3.25. The summed E-state index contributed by atoms with van der Waals surface area (Å²) < 4.78 is 13.2. The first-order valence-corrected chi connectivity index (χ1v) is 12.1. The molecule has 1 aliphatic rings. The first-order valence-electron chi connectivity index (χ1n) is 12.1. The molecular formula is C28H30N6O3. The van der Waals surface area contributed by atoms with Crippen LogP contribution in [0.2, 0.25) is 0 Å². The third kappa shape index (κ3) is 4.99. The zero-order valence-electron chi connectivity index (χ0n) is 21.2. The van der Waals surface area contributed by atoms with Crippen LogP contribution in [0.15, 0.2) is 61.4 Å². The Bertz CT molecular complexity index is 1470. The molecule has 9 heteroatoms. The van der Waals surface area contributed by atoms with Crippen molar-refractivity contribution in [1.82, 2.24) is 14.5 Å². The summed E-state index contributed by atoms with van der Waals surface area (Å²) in [5.41, 5.74) is 5.58. The number of morpholine rings is 1. The number of amides is 1. The zero-order valence-corrected chi connectivity index (χ0v) is 21.2. The van der Waals surface area contributed by atoms with Crippen molar-refractivity contribution < 1.29 is 14.3 Å². The van der Waals surface area contributed by atoms with Gasteiger partial charge in [0.25, 0.3) is 0 Å². The summed E-state index contributed by atoms with van der Waals surface area (Å²) in [6.07, 6.45) is 5.11. The average molecular weight is 499 g/mol. The Hall–Kier alpha value is -4.37. The van der Waals surface area contributed by atoms with Crippen LogP contribution < -0.4 is 20.3 Å². The molecule has 0 atom stereocenters. The van der Waals surface area contributed by atoms with Crippen molar-refractivity contribution in [3.8, 4) is 11.6 Å². The molecule has 0 unspecified atom stereocenters. The van der Waals surface area contributed by atoms with Gasteiger partial charge in [-0.15, -0.1) is 0 Å². The Kier molecular flexibility index (Phi) is 6.78. The van der Waals surface area contributed by atoms with Crippen LogP contribution >= 0.6 is 0 Å². The number of nitrogens with one attached hydrogen (secondary N) is 2. The first kappa shape index (κ1) is 24.3. The van der Waals surface area contributed by atoms with Gasteiger partial charge in [0.15, 0.2) is 0 Å². The number of methoxy groups -OCH3 is 1. The van der Waals surface area contributed by atoms with Gasteiger partial charge in [0.05, 0.1) is 31.5 Å². The summed E-state index contributed by atoms with van der Waals surface area (Å²) in [4.78, 5) is 23.3. The number of carbonyl (C=O) groups is 1. The Labute approximate surface area is 215 Å². The molecule has 0 spiro atoms. The van der Waals surface area contributed by atoms with E-state index in [0.717, 1.165) is 63.7 Å². The molecule has 2 aromatic carbocycles. The Morgan fingerprint density at radius 2 is 1.89 bits per heavy atom. The molecule has 190 valence electrons. The van der Waals surface area contributed by atoms with Gasteiger partial charge in [-0.1, -0.05) is 6.58 Å². The Morgan fingerprint density at radius 1 is 1.11 bits per heavy atom. The molecule has 1 aliphatic heterocycles. The molecule has 1 amide bonds. The summed E-state index contributed by atoms with van der Waals surface area (Å²) in [6, 6.07) is 11.8. The smallest absolute Gasteiger partial charge is 0.247 e. The third-order valence-electron chi connectivity index (χ3n) is 6.42. The Morgan fingerprint density at radius 3 is 2.65 bits per heavy atom. The molecule has 3 heterocycles. The highest BCUT2D eigenvalue weighted by Crippen LogP contribution is 2.33. The van der Waals surface area contributed by atoms with Gasteiger partial charge < -0.3 is 29.6 Å². The van der Waals surface area contributed by atoms with Crippen LogP contribution in [-0.2, 0) is 9.53 Å². The number of aryl methyl sites for hydroxylation is 2. The lowest BCUT2D eigenvalue weighted by Gasteiger charge is -2.30. The van der Waals surface area contributed by atoms with E-state index < -0.39 is 0 Å². The van der Waals surface area contributed by atoms with E-state index in [4.69, 9.17) is 14.5 Å². The summed E-state index contributed by atoms with van der Waals surface area (Å²) >= 11 is 0. The molecule has 0 bridgehead atoms. The van der Waals surface area contributed by atoms with Crippen molar-refractivity contribution in [2.45, 2.75) is 13.8 Å². The third-order valence-corrected chi connectivity index (χ3v) is 6.42. The highest BCUT2D eigenvalue weighted by Gasteiger charge is 2.17. The van der Waals surface area contributed by atoms with Gasteiger partial charge in [0.1, 0.15) is 11.6 Å². The largest absolute Gasteiger partial charge is 0.495 e. The quantitative estimate of drug-likeness (QED) is 0.355. The van der Waals surface area contributed by atoms with Crippen LogP contribution in [-0.4, -0.2) is 53.9 Å². The van der Waals surface area contributed by atoms with Crippen LogP contribution in [0.3, 0.4) is 0 Å². The highest BCUT2D eigenvalue weighted by atomic mass is 16.5. The Balaban J connectivity index is 1.44. The number of carbonyl (C=O) groups excluding carboxylic acids is 1. The van der Waals surface area contributed by atoms with Gasteiger partial charge in [-0.2, -0.15) is 4.98 Å². The molecule has 5 rings (SSSR count). The van der Waals surface area contributed by atoms with Crippen molar-refractivity contribution in [3.05, 3.63) is 72.6 Å². The number of fused-ring (bicyclic) bond motifs is 1. The second-order valence-corrected chi connectivity index (χ2v) is 8.92. The molecule has 0 aliphatic carbocycles. The molecule has 0 radical (unpaired) electrons. The normalized spacial score (nSPS) is 13.4. The van der Waals surface area contributed by atoms with E-state index in [1.54, 1.807) is 7.11 Å². The fourth-order valence-electron chi connectivity index (χ4n) is 4.53. The van der Waals surface area contributed by atoms with E-state index >= 15 is 0 Å². The van der Waals surface area contributed by atoms with Crippen LogP contribution in [0.1, 0.15) is 11.1 Å². The van der Waals surface area contributed by atoms with Gasteiger partial charge in [-0.25, -0.2) is 4.98 Å². The van der Waals surface area contributed by atoms with E-state index in [0.29, 0.717) is 19.2 Å². The molecule has 2 aromatic heterocycles. The van der Waals surface area contributed by atoms with Gasteiger partial charge in [-0.05, 0) is 55.8 Å². The highest BCUT2D eigenvalue weighted by molar-refractivity contribution is 6.00. The molecule has 37 heavy (non-hydrogen) atoms. The first-order chi connectivity index (χ1) is 18.0. The summed E-state index contributed by atoms with van der Waals surface area (Å²) in [5.74, 6) is 1.80. The molecule has 4 aromatic rings. The number of hydrogen-bond donors (Lipinski definition) is 2. The van der Waals surface area contributed by atoms with Crippen molar-refractivity contribution in [2.75, 3.05) is 48.9 Å². The fraction of sp³-hybridized carbons (Fsp3) is 0.250. The van der Waals surface area contributed by atoms with Crippen LogP contribution in [0.25, 0.3) is 16.7 Å². The molecule has 9 nitrogen and oxygen atoms in total.